The predicted octanol–water partition coefficient (Wildman–Crippen LogP) is 1.11. The van der Waals surface area contributed by atoms with Crippen LogP contribution >= 0.6 is 0 Å². The molecule has 0 saturated carbocycles. The van der Waals surface area contributed by atoms with E-state index in [0.717, 1.165) is 32.6 Å². The number of fused-ring (bicyclic) bond motifs is 1. The number of carbonyl (C=O) groups excluding carboxylic acids is 1. The number of amides is 1. The topological polar surface area (TPSA) is 35.6 Å². The molecule has 1 unspecified atom stereocenters. The number of carbonyl (C=O) groups is 1. The first-order valence-electron chi connectivity index (χ1n) is 7.87. The van der Waals surface area contributed by atoms with Gasteiger partial charge in [-0.05, 0) is 43.5 Å². The lowest BCUT2D eigenvalue weighted by Crippen LogP contribution is -2.49. The van der Waals surface area contributed by atoms with E-state index in [0.29, 0.717) is 5.92 Å². The summed E-state index contributed by atoms with van der Waals surface area (Å²) in [6.07, 6.45) is 2.01. The Bertz CT molecular complexity index is 517. The fourth-order valence-electron chi connectivity index (χ4n) is 3.55. The van der Waals surface area contributed by atoms with E-state index < -0.39 is 0 Å². The molecule has 2 aliphatic rings. The van der Waals surface area contributed by atoms with Gasteiger partial charge >= 0.3 is 0 Å². The number of likely N-dealkylation sites (tertiary alicyclic amines) is 1. The molecular weight excluding hydrogens is 262 g/mol. The molecule has 114 valence electrons. The average Bonchev–Trinajstić information content (AvgIpc) is 2.91. The second kappa shape index (κ2) is 6.16. The highest BCUT2D eigenvalue weighted by atomic mass is 16.2. The fraction of sp³-hybridized carbons (Fsp3) is 0.588. The third kappa shape index (κ3) is 3.27. The SMILES string of the molecule is CN1CCC(CN(C)C(=O)[C@@H]2Cc3ccccc3CN2)C1. The maximum atomic E-state index is 12.6. The van der Waals surface area contributed by atoms with Gasteiger partial charge in [-0.1, -0.05) is 24.3 Å². The second-order valence-corrected chi connectivity index (χ2v) is 6.54. The Labute approximate surface area is 127 Å². The van der Waals surface area contributed by atoms with E-state index in [-0.39, 0.29) is 11.9 Å². The van der Waals surface area contributed by atoms with Crippen molar-refractivity contribution in [2.75, 3.05) is 33.7 Å². The maximum absolute atomic E-state index is 12.6. The van der Waals surface area contributed by atoms with E-state index in [9.17, 15) is 4.79 Å². The van der Waals surface area contributed by atoms with Crippen LogP contribution in [-0.4, -0.2) is 55.5 Å². The molecule has 2 heterocycles. The first-order chi connectivity index (χ1) is 10.1. The van der Waals surface area contributed by atoms with E-state index in [1.807, 2.05) is 11.9 Å². The van der Waals surface area contributed by atoms with Crippen LogP contribution in [0.1, 0.15) is 17.5 Å². The molecule has 1 N–H and O–H groups in total. The molecular formula is C17H25N3O. The molecule has 1 aromatic rings. The molecule has 0 radical (unpaired) electrons. The molecule has 1 amide bonds. The van der Waals surface area contributed by atoms with E-state index in [1.54, 1.807) is 0 Å². The minimum absolute atomic E-state index is 0.0657. The highest BCUT2D eigenvalue weighted by molar-refractivity contribution is 5.82. The summed E-state index contributed by atoms with van der Waals surface area (Å²) < 4.78 is 0. The van der Waals surface area contributed by atoms with Gasteiger partial charge in [0.15, 0.2) is 0 Å². The number of nitrogens with one attached hydrogen (secondary N) is 1. The van der Waals surface area contributed by atoms with E-state index in [4.69, 9.17) is 0 Å². The van der Waals surface area contributed by atoms with Gasteiger partial charge in [0.1, 0.15) is 0 Å². The number of rotatable bonds is 3. The van der Waals surface area contributed by atoms with Gasteiger partial charge < -0.3 is 15.1 Å². The standard InChI is InChI=1S/C17H25N3O/c1-19-8-7-13(11-19)12-20(2)17(21)16-9-14-5-3-4-6-15(14)10-18-16/h3-6,13,16,18H,7-12H2,1-2H3/t13?,16-/m0/s1. The van der Waals surface area contributed by atoms with Crippen molar-refractivity contribution in [2.45, 2.75) is 25.4 Å². The van der Waals surface area contributed by atoms with Gasteiger partial charge in [0, 0.05) is 26.7 Å². The molecule has 4 nitrogen and oxygen atoms in total. The molecule has 2 atom stereocenters. The molecule has 1 fully saturated rings. The lowest BCUT2D eigenvalue weighted by atomic mass is 9.95. The number of benzene rings is 1. The fourth-order valence-corrected chi connectivity index (χ4v) is 3.55. The Hall–Kier alpha value is -1.39. The minimum atomic E-state index is -0.0657. The minimum Gasteiger partial charge on any atom is -0.344 e. The molecule has 1 saturated heterocycles. The summed E-state index contributed by atoms with van der Waals surface area (Å²) in [5, 5.41) is 3.39. The summed E-state index contributed by atoms with van der Waals surface area (Å²) in [4.78, 5) is 16.9. The van der Waals surface area contributed by atoms with Gasteiger partial charge in [0.25, 0.3) is 0 Å². The van der Waals surface area contributed by atoms with Crippen molar-refractivity contribution in [3.63, 3.8) is 0 Å². The lowest BCUT2D eigenvalue weighted by Gasteiger charge is -2.30. The first-order valence-corrected chi connectivity index (χ1v) is 7.87. The van der Waals surface area contributed by atoms with Gasteiger partial charge in [-0.3, -0.25) is 4.79 Å². The van der Waals surface area contributed by atoms with Crippen molar-refractivity contribution in [1.29, 1.82) is 0 Å². The summed E-state index contributed by atoms with van der Waals surface area (Å²) in [6.45, 7) is 3.94. The number of hydrogen-bond donors (Lipinski definition) is 1. The second-order valence-electron chi connectivity index (χ2n) is 6.54. The summed E-state index contributed by atoms with van der Waals surface area (Å²) in [6, 6.07) is 8.34. The van der Waals surface area contributed by atoms with Crippen LogP contribution in [0.5, 0.6) is 0 Å². The van der Waals surface area contributed by atoms with Crippen LogP contribution in [0.15, 0.2) is 24.3 Å². The molecule has 0 spiro atoms. The Balaban J connectivity index is 1.58. The zero-order valence-corrected chi connectivity index (χ0v) is 13.0. The smallest absolute Gasteiger partial charge is 0.239 e. The number of nitrogens with zero attached hydrogens (tertiary/aromatic N) is 2. The van der Waals surface area contributed by atoms with Crippen LogP contribution < -0.4 is 5.32 Å². The predicted molar refractivity (Wildman–Crippen MR) is 84.0 cm³/mol. The number of hydrogen-bond acceptors (Lipinski definition) is 3. The highest BCUT2D eigenvalue weighted by Gasteiger charge is 2.28. The van der Waals surface area contributed by atoms with Crippen LogP contribution in [0.3, 0.4) is 0 Å². The van der Waals surface area contributed by atoms with Gasteiger partial charge in [0.2, 0.25) is 5.91 Å². The molecule has 0 bridgehead atoms. The quantitative estimate of drug-likeness (QED) is 0.904. The zero-order valence-electron chi connectivity index (χ0n) is 13.0. The van der Waals surface area contributed by atoms with Crippen LogP contribution in [0.4, 0.5) is 0 Å². The Kier molecular flexibility index (Phi) is 4.27. The van der Waals surface area contributed by atoms with Crippen molar-refractivity contribution in [3.8, 4) is 0 Å². The average molecular weight is 287 g/mol. The Morgan fingerprint density at radius 2 is 2.14 bits per heavy atom. The van der Waals surface area contributed by atoms with Crippen LogP contribution in [0.25, 0.3) is 0 Å². The van der Waals surface area contributed by atoms with E-state index >= 15 is 0 Å². The molecule has 0 aliphatic carbocycles. The van der Waals surface area contributed by atoms with Crippen LogP contribution in [0.2, 0.25) is 0 Å². The van der Waals surface area contributed by atoms with Crippen LogP contribution in [-0.2, 0) is 17.8 Å². The lowest BCUT2D eigenvalue weighted by molar-refractivity contribution is -0.132. The maximum Gasteiger partial charge on any atom is 0.239 e. The van der Waals surface area contributed by atoms with Crippen LogP contribution in [0, 0.1) is 5.92 Å². The normalized spacial score (nSPS) is 25.6. The molecule has 2 aliphatic heterocycles. The van der Waals surface area contributed by atoms with Gasteiger partial charge in [-0.2, -0.15) is 0 Å². The third-order valence-corrected chi connectivity index (χ3v) is 4.78. The van der Waals surface area contributed by atoms with Gasteiger partial charge in [0.05, 0.1) is 6.04 Å². The van der Waals surface area contributed by atoms with Crippen molar-refractivity contribution in [2.24, 2.45) is 5.92 Å². The van der Waals surface area contributed by atoms with Gasteiger partial charge in [-0.25, -0.2) is 0 Å². The van der Waals surface area contributed by atoms with E-state index in [1.165, 1.54) is 17.5 Å². The molecule has 4 heteroatoms. The summed E-state index contributed by atoms with van der Waals surface area (Å²) in [5.74, 6) is 0.860. The Morgan fingerprint density at radius 3 is 2.86 bits per heavy atom. The Morgan fingerprint density at radius 1 is 1.38 bits per heavy atom. The largest absolute Gasteiger partial charge is 0.344 e. The number of likely N-dealkylation sites (N-methyl/N-ethyl adjacent to an activating group) is 1. The van der Waals surface area contributed by atoms with Gasteiger partial charge in [-0.15, -0.1) is 0 Å². The molecule has 1 aromatic carbocycles. The van der Waals surface area contributed by atoms with E-state index in [2.05, 4.69) is 41.5 Å². The first kappa shape index (κ1) is 14.5. The van der Waals surface area contributed by atoms with Crippen molar-refractivity contribution >= 4 is 5.91 Å². The van der Waals surface area contributed by atoms with Crippen molar-refractivity contribution < 1.29 is 4.79 Å². The monoisotopic (exact) mass is 287 g/mol. The molecule has 3 rings (SSSR count). The third-order valence-electron chi connectivity index (χ3n) is 4.78. The van der Waals surface area contributed by atoms with Crippen molar-refractivity contribution in [3.05, 3.63) is 35.4 Å². The highest BCUT2D eigenvalue weighted by Crippen LogP contribution is 2.19. The molecule has 21 heavy (non-hydrogen) atoms. The van der Waals surface area contributed by atoms with Crippen molar-refractivity contribution in [1.82, 2.24) is 15.1 Å². The zero-order chi connectivity index (χ0) is 14.8. The summed E-state index contributed by atoms with van der Waals surface area (Å²) in [5.41, 5.74) is 2.63. The summed E-state index contributed by atoms with van der Waals surface area (Å²) in [7, 11) is 4.10. The summed E-state index contributed by atoms with van der Waals surface area (Å²) >= 11 is 0. The molecule has 0 aromatic heterocycles.